The standard InChI is InChI=1S/C12H17O3P/c1-6-9-11-16(13,14-10-7-2)15-12(4,5)8-3/h2-3,6,9H,10-11H2,1,4-5H3. The minimum absolute atomic E-state index is 0.0600. The van der Waals surface area contributed by atoms with Crippen molar-refractivity contribution in [2.75, 3.05) is 12.8 Å². The van der Waals surface area contributed by atoms with Crippen LogP contribution in [0.1, 0.15) is 20.8 Å². The number of hydrogen-bond donors (Lipinski definition) is 0. The van der Waals surface area contributed by atoms with E-state index in [0.717, 1.165) is 0 Å². The van der Waals surface area contributed by atoms with Crippen LogP contribution in [0.4, 0.5) is 0 Å². The van der Waals surface area contributed by atoms with Gasteiger partial charge in [-0.05, 0) is 20.8 Å². The zero-order valence-corrected chi connectivity index (χ0v) is 10.8. The fourth-order valence-electron chi connectivity index (χ4n) is 0.861. The molecule has 1 atom stereocenters. The molecule has 0 radical (unpaired) electrons. The van der Waals surface area contributed by atoms with E-state index >= 15 is 0 Å². The molecule has 0 rings (SSSR count). The molecule has 0 spiro atoms. The first-order valence-corrected chi connectivity index (χ1v) is 6.58. The van der Waals surface area contributed by atoms with Crippen LogP contribution in [0, 0.1) is 24.7 Å². The Bertz CT molecular complexity index is 369. The molecule has 3 nitrogen and oxygen atoms in total. The van der Waals surface area contributed by atoms with E-state index in [-0.39, 0.29) is 12.8 Å². The van der Waals surface area contributed by atoms with Gasteiger partial charge in [0.1, 0.15) is 12.2 Å². The zero-order chi connectivity index (χ0) is 12.7. The van der Waals surface area contributed by atoms with Crippen LogP contribution in [0.3, 0.4) is 0 Å². The minimum atomic E-state index is -3.26. The highest BCUT2D eigenvalue weighted by Crippen LogP contribution is 2.51. The zero-order valence-electron chi connectivity index (χ0n) is 9.90. The van der Waals surface area contributed by atoms with Crippen LogP contribution in [0.15, 0.2) is 12.2 Å². The first-order valence-electron chi connectivity index (χ1n) is 4.86. The number of hydrogen-bond acceptors (Lipinski definition) is 3. The molecule has 0 amide bonds. The van der Waals surface area contributed by atoms with Crippen molar-refractivity contribution >= 4 is 7.60 Å². The van der Waals surface area contributed by atoms with E-state index in [1.165, 1.54) is 0 Å². The van der Waals surface area contributed by atoms with Gasteiger partial charge in [-0.15, -0.1) is 12.8 Å². The average molecular weight is 240 g/mol. The van der Waals surface area contributed by atoms with Gasteiger partial charge in [0, 0.05) is 0 Å². The largest absolute Gasteiger partial charge is 0.336 e. The van der Waals surface area contributed by atoms with E-state index in [2.05, 4.69) is 11.8 Å². The lowest BCUT2D eigenvalue weighted by Crippen LogP contribution is -2.21. The van der Waals surface area contributed by atoms with Crippen LogP contribution < -0.4 is 0 Å². The van der Waals surface area contributed by atoms with Gasteiger partial charge in [-0.2, -0.15) is 0 Å². The van der Waals surface area contributed by atoms with Crippen molar-refractivity contribution in [1.82, 2.24) is 0 Å². The van der Waals surface area contributed by atoms with E-state index in [4.69, 9.17) is 21.9 Å². The fourth-order valence-corrected chi connectivity index (χ4v) is 2.58. The summed E-state index contributed by atoms with van der Waals surface area (Å²) in [6, 6.07) is 0. The Labute approximate surface area is 97.8 Å². The molecule has 16 heavy (non-hydrogen) atoms. The summed E-state index contributed by atoms with van der Waals surface area (Å²) in [5.74, 6) is 4.65. The fraction of sp³-hybridized carbons (Fsp3) is 0.500. The maximum Gasteiger partial charge on any atom is 0.336 e. The molecule has 0 saturated carbocycles. The average Bonchev–Trinajstić information content (AvgIpc) is 2.23. The van der Waals surface area contributed by atoms with Crippen molar-refractivity contribution in [3.05, 3.63) is 12.2 Å². The minimum Gasteiger partial charge on any atom is -0.295 e. The summed E-state index contributed by atoms with van der Waals surface area (Å²) in [7, 11) is -3.26. The lowest BCUT2D eigenvalue weighted by Gasteiger charge is -2.24. The van der Waals surface area contributed by atoms with Crippen LogP contribution in [-0.4, -0.2) is 18.4 Å². The maximum absolute atomic E-state index is 12.2. The van der Waals surface area contributed by atoms with E-state index in [1.54, 1.807) is 26.0 Å². The topological polar surface area (TPSA) is 35.5 Å². The Balaban J connectivity index is 4.75. The molecule has 0 aromatic heterocycles. The molecular formula is C12H17O3P. The highest BCUT2D eigenvalue weighted by atomic mass is 31.2. The second kappa shape index (κ2) is 6.56. The summed E-state index contributed by atoms with van der Waals surface area (Å²) >= 11 is 0. The van der Waals surface area contributed by atoms with Gasteiger partial charge < -0.3 is 0 Å². The van der Waals surface area contributed by atoms with E-state index in [1.807, 2.05) is 6.92 Å². The van der Waals surface area contributed by atoms with Crippen molar-refractivity contribution in [3.63, 3.8) is 0 Å². The van der Waals surface area contributed by atoms with Crippen molar-refractivity contribution in [1.29, 1.82) is 0 Å². The van der Waals surface area contributed by atoms with Crippen LogP contribution in [0.25, 0.3) is 0 Å². The van der Waals surface area contributed by atoms with Gasteiger partial charge in [0.15, 0.2) is 0 Å². The van der Waals surface area contributed by atoms with E-state index in [9.17, 15) is 4.57 Å². The molecule has 0 bridgehead atoms. The van der Waals surface area contributed by atoms with Gasteiger partial charge in [-0.1, -0.05) is 24.0 Å². The molecule has 0 heterocycles. The summed E-state index contributed by atoms with van der Waals surface area (Å²) in [5.41, 5.74) is -0.939. The number of allylic oxidation sites excluding steroid dienone is 2. The highest BCUT2D eigenvalue weighted by Gasteiger charge is 2.31. The Kier molecular flexibility index (Phi) is 6.16. The third-order valence-corrected chi connectivity index (χ3v) is 3.54. The second-order valence-corrected chi connectivity index (χ2v) is 5.61. The highest BCUT2D eigenvalue weighted by molar-refractivity contribution is 7.54. The summed E-state index contributed by atoms with van der Waals surface area (Å²) in [6.07, 6.45) is 13.9. The van der Waals surface area contributed by atoms with Crippen LogP contribution in [0.5, 0.6) is 0 Å². The Morgan fingerprint density at radius 3 is 2.50 bits per heavy atom. The normalized spacial score (nSPS) is 15.3. The molecule has 0 aromatic rings. The Morgan fingerprint density at radius 2 is 2.06 bits per heavy atom. The number of terminal acetylenes is 2. The summed E-state index contributed by atoms with van der Waals surface area (Å²) in [4.78, 5) is 0. The van der Waals surface area contributed by atoms with Gasteiger partial charge in [0.2, 0.25) is 0 Å². The summed E-state index contributed by atoms with van der Waals surface area (Å²) in [6.45, 7) is 5.05. The molecule has 0 aliphatic carbocycles. The monoisotopic (exact) mass is 240 g/mol. The van der Waals surface area contributed by atoms with Gasteiger partial charge in [-0.25, -0.2) is 0 Å². The molecule has 4 heteroatoms. The molecular weight excluding hydrogens is 223 g/mol. The van der Waals surface area contributed by atoms with Gasteiger partial charge >= 0.3 is 7.60 Å². The Morgan fingerprint density at radius 1 is 1.44 bits per heavy atom. The SMILES string of the molecule is C#CCOP(=O)(CC=CC)OC(C)(C)C#C. The van der Waals surface area contributed by atoms with Crippen molar-refractivity contribution in [2.24, 2.45) is 0 Å². The molecule has 0 aliphatic heterocycles. The smallest absolute Gasteiger partial charge is 0.295 e. The summed E-state index contributed by atoms with van der Waals surface area (Å²) in [5, 5.41) is 0. The first-order chi connectivity index (χ1) is 7.39. The predicted octanol–water partition coefficient (Wildman–Crippen LogP) is 2.83. The molecule has 0 fully saturated rings. The number of rotatable bonds is 6. The molecule has 0 N–H and O–H groups in total. The first kappa shape index (κ1) is 15.0. The van der Waals surface area contributed by atoms with Crippen molar-refractivity contribution < 1.29 is 13.6 Å². The van der Waals surface area contributed by atoms with Crippen LogP contribution in [-0.2, 0) is 13.6 Å². The van der Waals surface area contributed by atoms with E-state index < -0.39 is 13.2 Å². The van der Waals surface area contributed by atoms with Crippen molar-refractivity contribution in [2.45, 2.75) is 26.4 Å². The molecule has 88 valence electrons. The quantitative estimate of drug-likeness (QED) is 0.407. The Hall–Kier alpha value is -0.990. The molecule has 1 unspecified atom stereocenters. The van der Waals surface area contributed by atoms with Gasteiger partial charge in [0.25, 0.3) is 0 Å². The predicted molar refractivity (Wildman–Crippen MR) is 66.1 cm³/mol. The van der Waals surface area contributed by atoms with Crippen molar-refractivity contribution in [3.8, 4) is 24.7 Å². The third kappa shape index (κ3) is 5.79. The maximum atomic E-state index is 12.2. The van der Waals surface area contributed by atoms with E-state index in [0.29, 0.717) is 0 Å². The van der Waals surface area contributed by atoms with Crippen LogP contribution in [0.2, 0.25) is 0 Å². The lowest BCUT2D eigenvalue weighted by molar-refractivity contribution is 0.133. The third-order valence-electron chi connectivity index (χ3n) is 1.62. The summed E-state index contributed by atoms with van der Waals surface area (Å²) < 4.78 is 22.6. The molecule has 0 saturated heterocycles. The molecule has 0 aliphatic rings. The van der Waals surface area contributed by atoms with Gasteiger partial charge in [0.05, 0.1) is 6.16 Å². The molecule has 0 aromatic carbocycles. The lowest BCUT2D eigenvalue weighted by atomic mass is 10.2. The second-order valence-electron chi connectivity index (χ2n) is 3.59. The van der Waals surface area contributed by atoms with Crippen LogP contribution >= 0.6 is 7.60 Å². The van der Waals surface area contributed by atoms with Gasteiger partial charge in [-0.3, -0.25) is 13.6 Å².